The van der Waals surface area contributed by atoms with Gasteiger partial charge >= 0.3 is 0 Å². The van der Waals surface area contributed by atoms with Crippen LogP contribution in [0.1, 0.15) is 47.2 Å². The Morgan fingerprint density at radius 2 is 2.12 bits per heavy atom. The second kappa shape index (κ2) is 6.43. The zero-order chi connectivity index (χ0) is 16.7. The van der Waals surface area contributed by atoms with Crippen LogP contribution in [0.2, 0.25) is 0 Å². The van der Waals surface area contributed by atoms with Crippen molar-refractivity contribution >= 4 is 5.91 Å². The molecule has 0 spiro atoms. The minimum Gasteiger partial charge on any atom is -0.310 e. The largest absolute Gasteiger partial charge is 0.310 e. The van der Waals surface area contributed by atoms with Gasteiger partial charge in [0.2, 0.25) is 0 Å². The van der Waals surface area contributed by atoms with Crippen LogP contribution in [0.5, 0.6) is 0 Å². The van der Waals surface area contributed by atoms with E-state index < -0.39 is 5.91 Å². The van der Waals surface area contributed by atoms with Gasteiger partial charge in [-0.3, -0.25) is 14.9 Å². The van der Waals surface area contributed by atoms with Gasteiger partial charge in [-0.15, -0.1) is 0 Å². The summed E-state index contributed by atoms with van der Waals surface area (Å²) in [6, 6.07) is 4.12. The highest BCUT2D eigenvalue weighted by atomic mass is 19.1. The Kier molecular flexibility index (Phi) is 4.28. The monoisotopic (exact) mass is 333 g/mol. The predicted octanol–water partition coefficient (Wildman–Crippen LogP) is 1.83. The summed E-state index contributed by atoms with van der Waals surface area (Å²) >= 11 is 0. The minimum absolute atomic E-state index is 0.174. The molecule has 1 aromatic carbocycles. The van der Waals surface area contributed by atoms with Crippen molar-refractivity contribution in [2.24, 2.45) is 5.92 Å². The minimum atomic E-state index is -0.665. The molecule has 1 aromatic rings. The van der Waals surface area contributed by atoms with Gasteiger partial charge in [0, 0.05) is 42.8 Å². The maximum Gasteiger partial charge on any atom is 0.274 e. The molecule has 2 saturated heterocycles. The molecule has 3 N–H and O–H groups in total. The summed E-state index contributed by atoms with van der Waals surface area (Å²) in [5.74, 6) is -0.257. The van der Waals surface area contributed by atoms with Crippen molar-refractivity contribution in [3.05, 3.63) is 34.6 Å². The van der Waals surface area contributed by atoms with Gasteiger partial charge in [-0.2, -0.15) is 0 Å². The van der Waals surface area contributed by atoms with Gasteiger partial charge < -0.3 is 5.32 Å². The highest BCUT2D eigenvalue weighted by Gasteiger charge is 2.36. The van der Waals surface area contributed by atoms with Crippen LogP contribution in [-0.2, 0) is 13.0 Å². The molecule has 1 aliphatic carbocycles. The van der Waals surface area contributed by atoms with E-state index in [1.165, 1.54) is 31.7 Å². The summed E-state index contributed by atoms with van der Waals surface area (Å²) in [6.45, 7) is 2.45. The van der Waals surface area contributed by atoms with E-state index in [1.54, 1.807) is 11.5 Å². The number of nitrogens with one attached hydrogen (secondary N) is 2. The fraction of sp³-hybridized carbons (Fsp3) is 0.611. The lowest BCUT2D eigenvalue weighted by Crippen LogP contribution is -2.56. The van der Waals surface area contributed by atoms with E-state index in [1.807, 2.05) is 0 Å². The smallest absolute Gasteiger partial charge is 0.274 e. The number of halogens is 1. The molecule has 2 bridgehead atoms. The van der Waals surface area contributed by atoms with Crippen molar-refractivity contribution in [3.8, 4) is 0 Å². The number of rotatable bonds is 3. The Balaban J connectivity index is 1.47. The Bertz CT molecular complexity index is 643. The number of piperidine rings is 2. The highest BCUT2D eigenvalue weighted by Crippen LogP contribution is 2.34. The summed E-state index contributed by atoms with van der Waals surface area (Å²) in [7, 11) is 0. The average Bonchev–Trinajstić information content (AvgIpc) is 2.62. The lowest BCUT2D eigenvalue weighted by molar-refractivity contribution is 0.0705. The van der Waals surface area contributed by atoms with Crippen LogP contribution in [0, 0.1) is 11.7 Å². The Labute approximate surface area is 141 Å². The molecule has 1 amide bonds. The molecule has 1 atom stereocenters. The van der Waals surface area contributed by atoms with Crippen LogP contribution in [-0.4, -0.2) is 41.2 Å². The summed E-state index contributed by atoms with van der Waals surface area (Å²) < 4.78 is 14.4. The summed E-state index contributed by atoms with van der Waals surface area (Å²) in [4.78, 5) is 13.8. The van der Waals surface area contributed by atoms with Crippen molar-refractivity contribution in [1.29, 1.82) is 0 Å². The first-order valence-electron chi connectivity index (χ1n) is 8.88. The van der Waals surface area contributed by atoms with Gasteiger partial charge in [0.1, 0.15) is 5.82 Å². The van der Waals surface area contributed by atoms with Crippen LogP contribution >= 0.6 is 0 Å². The molecule has 0 aromatic heterocycles. The van der Waals surface area contributed by atoms with Gasteiger partial charge in [-0.05, 0) is 55.7 Å². The fourth-order valence-electron chi connectivity index (χ4n) is 4.63. The van der Waals surface area contributed by atoms with Gasteiger partial charge in [0.25, 0.3) is 5.91 Å². The lowest BCUT2D eigenvalue weighted by atomic mass is 9.76. The highest BCUT2D eigenvalue weighted by molar-refractivity contribution is 5.93. The summed E-state index contributed by atoms with van der Waals surface area (Å²) in [5.41, 5.74) is 3.31. The van der Waals surface area contributed by atoms with E-state index >= 15 is 0 Å². The van der Waals surface area contributed by atoms with Crippen molar-refractivity contribution in [3.63, 3.8) is 0 Å². The van der Waals surface area contributed by atoms with E-state index in [2.05, 4.69) is 10.2 Å². The topological polar surface area (TPSA) is 64.6 Å². The molecule has 0 radical (unpaired) electrons. The zero-order valence-electron chi connectivity index (χ0n) is 13.7. The number of carbonyl (C=O) groups excluding carboxylic acids is 1. The van der Waals surface area contributed by atoms with Crippen LogP contribution in [0.15, 0.2) is 12.1 Å². The van der Waals surface area contributed by atoms with Gasteiger partial charge in [-0.1, -0.05) is 0 Å². The quantitative estimate of drug-likeness (QED) is 0.583. The Morgan fingerprint density at radius 3 is 2.79 bits per heavy atom. The normalized spacial score (nSPS) is 29.3. The number of fused-ring (bicyclic) bond motifs is 4. The Morgan fingerprint density at radius 1 is 1.33 bits per heavy atom. The van der Waals surface area contributed by atoms with Crippen molar-refractivity contribution < 1.29 is 14.4 Å². The standard InChI is InChI=1S/C18H24FN3O2/c19-16-8-13(18(23)21-24)7-12-5-6-22(9-15(12)16)10-17-11-1-3-14(20-17)4-2-11/h7-8,11,14,17,20,24H,1-6,9-10H2,(H,21,23). The van der Waals surface area contributed by atoms with Crippen LogP contribution in [0.25, 0.3) is 0 Å². The third-order valence-corrected chi connectivity index (χ3v) is 5.98. The van der Waals surface area contributed by atoms with Crippen LogP contribution in [0.3, 0.4) is 0 Å². The van der Waals surface area contributed by atoms with Crippen molar-refractivity contribution in [1.82, 2.24) is 15.7 Å². The number of carbonyl (C=O) groups is 1. The third-order valence-electron chi connectivity index (χ3n) is 5.98. The number of hydroxylamine groups is 1. The molecule has 5 nitrogen and oxygen atoms in total. The number of hydrogen-bond acceptors (Lipinski definition) is 4. The van der Waals surface area contributed by atoms with Gasteiger partial charge in [0.15, 0.2) is 0 Å². The maximum absolute atomic E-state index is 14.4. The van der Waals surface area contributed by atoms with E-state index in [-0.39, 0.29) is 11.4 Å². The molecule has 130 valence electrons. The molecule has 3 aliphatic heterocycles. The number of amides is 1. The number of nitrogens with zero attached hydrogens (tertiary/aromatic N) is 1. The summed E-state index contributed by atoms with van der Waals surface area (Å²) in [5, 5.41) is 12.5. The van der Waals surface area contributed by atoms with Gasteiger partial charge in [0.05, 0.1) is 0 Å². The molecule has 4 aliphatic rings. The second-order valence-electron chi connectivity index (χ2n) is 7.41. The molecule has 24 heavy (non-hydrogen) atoms. The van der Waals surface area contributed by atoms with E-state index in [0.29, 0.717) is 24.2 Å². The molecular formula is C18H24FN3O2. The fourth-order valence-corrected chi connectivity index (χ4v) is 4.63. The first kappa shape index (κ1) is 16.0. The molecule has 1 saturated carbocycles. The summed E-state index contributed by atoms with van der Waals surface area (Å²) in [6.07, 6.45) is 5.98. The molecule has 1 unspecified atom stereocenters. The molecule has 3 fully saturated rings. The van der Waals surface area contributed by atoms with Crippen molar-refractivity contribution in [2.75, 3.05) is 13.1 Å². The van der Waals surface area contributed by atoms with Gasteiger partial charge in [-0.25, -0.2) is 9.87 Å². The molecule has 5 rings (SSSR count). The third kappa shape index (κ3) is 2.94. The maximum atomic E-state index is 14.4. The molecule has 6 heteroatoms. The van der Waals surface area contributed by atoms with Crippen molar-refractivity contribution in [2.45, 2.75) is 50.7 Å². The SMILES string of the molecule is O=C(NO)c1cc(F)c2c(c1)CCN(CC1NC3CCC1CC3)C2. The van der Waals surface area contributed by atoms with Crippen LogP contribution < -0.4 is 10.8 Å². The lowest BCUT2D eigenvalue weighted by Gasteiger charge is -2.45. The first-order valence-corrected chi connectivity index (χ1v) is 8.88. The zero-order valence-corrected chi connectivity index (χ0v) is 13.7. The average molecular weight is 333 g/mol. The van der Waals surface area contributed by atoms with E-state index in [4.69, 9.17) is 5.21 Å². The molecule has 3 heterocycles. The van der Waals surface area contributed by atoms with E-state index in [9.17, 15) is 9.18 Å². The molecular weight excluding hydrogens is 309 g/mol. The number of hydrogen-bond donors (Lipinski definition) is 3. The first-order chi connectivity index (χ1) is 11.6. The van der Waals surface area contributed by atoms with E-state index in [0.717, 1.165) is 31.0 Å². The number of benzene rings is 1. The second-order valence-corrected chi connectivity index (χ2v) is 7.41. The van der Waals surface area contributed by atoms with Crippen LogP contribution in [0.4, 0.5) is 4.39 Å². The predicted molar refractivity (Wildman–Crippen MR) is 87.3 cm³/mol. The Hall–Kier alpha value is -1.50.